The number of anilines is 2. The summed E-state index contributed by atoms with van der Waals surface area (Å²) in [5, 5.41) is 2.98. The fourth-order valence-electron chi connectivity index (χ4n) is 3.57. The number of amides is 2. The lowest BCUT2D eigenvalue weighted by Gasteiger charge is -2.33. The topological polar surface area (TPSA) is 52.7 Å². The van der Waals surface area contributed by atoms with Gasteiger partial charge in [0.05, 0.1) is 12.5 Å². The van der Waals surface area contributed by atoms with Crippen LogP contribution in [0.25, 0.3) is 0 Å². The summed E-state index contributed by atoms with van der Waals surface area (Å²) >= 11 is 0. The first-order valence-electron chi connectivity index (χ1n) is 9.61. The predicted molar refractivity (Wildman–Crippen MR) is 109 cm³/mol. The lowest BCUT2D eigenvalue weighted by atomic mass is 9.97. The average molecular weight is 365 g/mol. The summed E-state index contributed by atoms with van der Waals surface area (Å²) in [6, 6.07) is 19.3. The summed E-state index contributed by atoms with van der Waals surface area (Å²) < 4.78 is 0. The van der Waals surface area contributed by atoms with Gasteiger partial charge in [-0.3, -0.25) is 14.5 Å². The fourth-order valence-corrected chi connectivity index (χ4v) is 3.57. The van der Waals surface area contributed by atoms with E-state index in [0.29, 0.717) is 19.6 Å². The molecule has 1 heterocycles. The van der Waals surface area contributed by atoms with E-state index >= 15 is 0 Å². The summed E-state index contributed by atoms with van der Waals surface area (Å²) in [6.45, 7) is 4.44. The Labute approximate surface area is 161 Å². The Morgan fingerprint density at radius 1 is 1.07 bits per heavy atom. The second-order valence-electron chi connectivity index (χ2n) is 6.90. The molecule has 1 fully saturated rings. The van der Waals surface area contributed by atoms with Crippen molar-refractivity contribution in [2.75, 3.05) is 36.4 Å². The zero-order valence-electron chi connectivity index (χ0n) is 15.8. The van der Waals surface area contributed by atoms with Crippen molar-refractivity contribution in [3.63, 3.8) is 0 Å². The van der Waals surface area contributed by atoms with Crippen LogP contribution in [0.4, 0.5) is 11.4 Å². The summed E-state index contributed by atoms with van der Waals surface area (Å²) in [6.07, 6.45) is 1.79. The maximum absolute atomic E-state index is 12.8. The molecule has 1 atom stereocenters. The number of nitrogens with one attached hydrogen (secondary N) is 1. The number of hydrogen-bond acceptors (Lipinski definition) is 3. The molecule has 0 saturated carbocycles. The molecule has 2 amide bonds. The molecule has 27 heavy (non-hydrogen) atoms. The van der Waals surface area contributed by atoms with E-state index in [4.69, 9.17) is 0 Å². The zero-order chi connectivity index (χ0) is 19.1. The summed E-state index contributed by atoms with van der Waals surface area (Å²) in [5.74, 6) is 0.0279. The van der Waals surface area contributed by atoms with Crippen LogP contribution in [-0.4, -0.2) is 42.9 Å². The van der Waals surface area contributed by atoms with E-state index < -0.39 is 0 Å². The first-order chi connectivity index (χ1) is 13.2. The summed E-state index contributed by atoms with van der Waals surface area (Å²) in [7, 11) is 0. The highest BCUT2D eigenvalue weighted by atomic mass is 16.2. The van der Waals surface area contributed by atoms with Gasteiger partial charge in [0, 0.05) is 24.5 Å². The first kappa shape index (κ1) is 19.1. The Morgan fingerprint density at radius 2 is 1.74 bits per heavy atom. The second-order valence-corrected chi connectivity index (χ2v) is 6.90. The maximum Gasteiger partial charge on any atom is 0.241 e. The minimum atomic E-state index is -0.0847. The molecule has 1 saturated heterocycles. The van der Waals surface area contributed by atoms with Crippen molar-refractivity contribution in [2.24, 2.45) is 5.92 Å². The van der Waals surface area contributed by atoms with Crippen molar-refractivity contribution in [1.82, 2.24) is 4.90 Å². The number of hydrogen-bond donors (Lipinski definition) is 1. The van der Waals surface area contributed by atoms with Crippen molar-refractivity contribution in [3.8, 4) is 0 Å². The van der Waals surface area contributed by atoms with Crippen molar-refractivity contribution in [2.45, 2.75) is 19.8 Å². The largest absolute Gasteiger partial charge is 0.326 e. The number of nitrogens with zero attached hydrogens (tertiary/aromatic N) is 2. The maximum atomic E-state index is 12.8. The van der Waals surface area contributed by atoms with Gasteiger partial charge in [0.2, 0.25) is 11.8 Å². The normalized spacial score (nSPS) is 17.3. The molecule has 5 heteroatoms. The summed E-state index contributed by atoms with van der Waals surface area (Å²) in [4.78, 5) is 29.3. The third kappa shape index (κ3) is 5.17. The number of benzene rings is 2. The predicted octanol–water partition coefficient (Wildman–Crippen LogP) is 3.39. The molecule has 1 aliphatic rings. The van der Waals surface area contributed by atoms with Crippen LogP contribution < -0.4 is 10.2 Å². The number of rotatable bonds is 6. The van der Waals surface area contributed by atoms with E-state index in [1.165, 1.54) is 0 Å². The minimum Gasteiger partial charge on any atom is -0.326 e. The van der Waals surface area contributed by atoms with Gasteiger partial charge in [0.1, 0.15) is 0 Å². The van der Waals surface area contributed by atoms with Crippen LogP contribution in [0, 0.1) is 5.92 Å². The quantitative estimate of drug-likeness (QED) is 0.854. The van der Waals surface area contributed by atoms with E-state index in [2.05, 4.69) is 10.2 Å². The van der Waals surface area contributed by atoms with E-state index in [9.17, 15) is 9.59 Å². The molecule has 1 unspecified atom stereocenters. The number of para-hydroxylation sites is 2. The van der Waals surface area contributed by atoms with Gasteiger partial charge in [-0.15, -0.1) is 0 Å². The van der Waals surface area contributed by atoms with Crippen LogP contribution in [0.5, 0.6) is 0 Å². The van der Waals surface area contributed by atoms with Gasteiger partial charge in [0.25, 0.3) is 0 Å². The number of carbonyl (C=O) groups is 2. The smallest absolute Gasteiger partial charge is 0.241 e. The van der Waals surface area contributed by atoms with Gasteiger partial charge in [-0.25, -0.2) is 0 Å². The van der Waals surface area contributed by atoms with E-state index in [1.54, 1.807) is 4.90 Å². The fraction of sp³-hybridized carbons (Fsp3) is 0.364. The van der Waals surface area contributed by atoms with E-state index in [0.717, 1.165) is 30.8 Å². The Hall–Kier alpha value is -2.66. The Morgan fingerprint density at radius 3 is 2.41 bits per heavy atom. The molecule has 0 bridgehead atoms. The van der Waals surface area contributed by atoms with Gasteiger partial charge in [-0.1, -0.05) is 36.4 Å². The minimum absolute atomic E-state index is 0.0359. The Balaban J connectivity index is 1.57. The van der Waals surface area contributed by atoms with E-state index in [1.807, 2.05) is 67.6 Å². The van der Waals surface area contributed by atoms with Gasteiger partial charge in [0.15, 0.2) is 0 Å². The van der Waals surface area contributed by atoms with Crippen LogP contribution in [0.3, 0.4) is 0 Å². The molecule has 3 rings (SSSR count). The molecule has 5 nitrogen and oxygen atoms in total. The molecule has 1 aliphatic heterocycles. The average Bonchev–Trinajstić information content (AvgIpc) is 2.70. The monoisotopic (exact) mass is 365 g/mol. The number of piperidine rings is 1. The standard InChI is InChI=1S/C22H27N3O2/c1-2-25(20-13-7-4-8-14-20)21(26)17-24-15-9-10-18(16-24)22(27)23-19-11-5-3-6-12-19/h3-8,11-14,18H,2,9-10,15-17H2,1H3,(H,23,27). The van der Waals surface area contributed by atoms with Crippen LogP contribution in [0.15, 0.2) is 60.7 Å². The van der Waals surface area contributed by atoms with Crippen molar-refractivity contribution in [1.29, 1.82) is 0 Å². The first-order valence-corrected chi connectivity index (χ1v) is 9.61. The zero-order valence-corrected chi connectivity index (χ0v) is 15.8. The second kappa shape index (κ2) is 9.33. The van der Waals surface area contributed by atoms with E-state index in [-0.39, 0.29) is 17.7 Å². The molecule has 142 valence electrons. The van der Waals surface area contributed by atoms with Gasteiger partial charge >= 0.3 is 0 Å². The van der Waals surface area contributed by atoms with Crippen LogP contribution in [0.1, 0.15) is 19.8 Å². The van der Waals surface area contributed by atoms with Crippen LogP contribution in [0.2, 0.25) is 0 Å². The van der Waals surface area contributed by atoms with Crippen LogP contribution >= 0.6 is 0 Å². The molecular formula is C22H27N3O2. The highest BCUT2D eigenvalue weighted by Crippen LogP contribution is 2.20. The van der Waals surface area contributed by atoms with Crippen molar-refractivity contribution in [3.05, 3.63) is 60.7 Å². The molecule has 0 radical (unpaired) electrons. The third-order valence-corrected chi connectivity index (χ3v) is 4.96. The Kier molecular flexibility index (Phi) is 6.60. The molecule has 2 aromatic rings. The third-order valence-electron chi connectivity index (χ3n) is 4.96. The van der Waals surface area contributed by atoms with Gasteiger partial charge in [-0.2, -0.15) is 0 Å². The molecular weight excluding hydrogens is 338 g/mol. The highest BCUT2D eigenvalue weighted by Gasteiger charge is 2.28. The number of likely N-dealkylation sites (N-methyl/N-ethyl adjacent to an activating group) is 1. The lowest BCUT2D eigenvalue weighted by molar-refractivity contribution is -0.124. The molecule has 0 spiro atoms. The highest BCUT2D eigenvalue weighted by molar-refractivity contribution is 5.95. The number of likely N-dealkylation sites (tertiary alicyclic amines) is 1. The summed E-state index contributed by atoms with van der Waals surface area (Å²) in [5.41, 5.74) is 1.73. The van der Waals surface area contributed by atoms with Crippen molar-refractivity contribution >= 4 is 23.2 Å². The van der Waals surface area contributed by atoms with Crippen molar-refractivity contribution < 1.29 is 9.59 Å². The van der Waals surface area contributed by atoms with Gasteiger partial charge < -0.3 is 10.2 Å². The molecule has 1 N–H and O–H groups in total. The molecule has 0 aliphatic carbocycles. The Bertz CT molecular complexity index is 749. The van der Waals surface area contributed by atoms with Crippen LogP contribution in [-0.2, 0) is 9.59 Å². The lowest BCUT2D eigenvalue weighted by Crippen LogP contribution is -2.46. The molecule has 2 aromatic carbocycles. The molecule has 0 aromatic heterocycles. The number of carbonyl (C=O) groups excluding carboxylic acids is 2. The SMILES string of the molecule is CCN(C(=O)CN1CCCC(C(=O)Nc2ccccc2)C1)c1ccccc1. The van der Waals surface area contributed by atoms with Gasteiger partial charge in [-0.05, 0) is 50.6 Å².